The van der Waals surface area contributed by atoms with Crippen molar-refractivity contribution in [2.75, 3.05) is 26.7 Å². The lowest BCUT2D eigenvalue weighted by Gasteiger charge is -2.29. The maximum Gasteiger partial charge on any atom is 0.142 e. The van der Waals surface area contributed by atoms with E-state index in [0.717, 1.165) is 25.5 Å². The van der Waals surface area contributed by atoms with Crippen LogP contribution >= 0.6 is 0 Å². The molecule has 2 heterocycles. The summed E-state index contributed by atoms with van der Waals surface area (Å²) in [5, 5.41) is 3.27. The van der Waals surface area contributed by atoms with Gasteiger partial charge in [0.2, 0.25) is 0 Å². The lowest BCUT2D eigenvalue weighted by molar-refractivity contribution is 0.248. The first-order valence-corrected chi connectivity index (χ1v) is 6.50. The zero-order valence-corrected chi connectivity index (χ0v) is 10.8. The number of hydrogen-bond donors (Lipinski definition) is 1. The molecule has 0 aliphatic carbocycles. The van der Waals surface area contributed by atoms with Crippen molar-refractivity contribution in [2.24, 2.45) is 0 Å². The molecule has 1 aliphatic rings. The third kappa shape index (κ3) is 3.48. The summed E-state index contributed by atoms with van der Waals surface area (Å²) in [5.41, 5.74) is 1.21. The molecule has 0 spiro atoms. The van der Waals surface area contributed by atoms with Crippen LogP contribution in [0, 0.1) is 0 Å². The molecule has 1 aromatic rings. The fraction of sp³-hybridized carbons (Fsp3) is 0.692. The molecule has 0 bridgehead atoms. The molecule has 0 saturated carbocycles. The van der Waals surface area contributed by atoms with Gasteiger partial charge in [-0.3, -0.25) is 0 Å². The van der Waals surface area contributed by atoms with Crippen molar-refractivity contribution >= 4 is 0 Å². The zero-order chi connectivity index (χ0) is 12.1. The Morgan fingerprint density at radius 2 is 2.41 bits per heavy atom. The standard InChI is InChI=1S/C13H22N4/c1-3-14-9-13-15-7-6-12(16-13)11-5-4-8-17(2)10-11/h6-7,11,14H,3-5,8-10H2,1-2H3. The smallest absolute Gasteiger partial charge is 0.142 e. The highest BCUT2D eigenvalue weighted by Gasteiger charge is 2.20. The molecule has 2 rings (SSSR count). The predicted octanol–water partition coefficient (Wildman–Crippen LogP) is 1.40. The van der Waals surface area contributed by atoms with Crippen molar-refractivity contribution in [2.45, 2.75) is 32.2 Å². The van der Waals surface area contributed by atoms with E-state index in [1.54, 1.807) is 0 Å². The number of nitrogens with zero attached hydrogens (tertiary/aromatic N) is 3. The van der Waals surface area contributed by atoms with E-state index in [1.165, 1.54) is 25.1 Å². The van der Waals surface area contributed by atoms with Crippen molar-refractivity contribution in [3.05, 3.63) is 23.8 Å². The Kier molecular flexibility index (Phi) is 4.45. The molecule has 1 fully saturated rings. The van der Waals surface area contributed by atoms with E-state index in [4.69, 9.17) is 0 Å². The second-order valence-electron chi connectivity index (χ2n) is 4.78. The molecule has 1 N–H and O–H groups in total. The largest absolute Gasteiger partial charge is 0.310 e. The van der Waals surface area contributed by atoms with Crippen molar-refractivity contribution in [3.63, 3.8) is 0 Å². The number of rotatable bonds is 4. The van der Waals surface area contributed by atoms with Gasteiger partial charge in [-0.1, -0.05) is 6.92 Å². The summed E-state index contributed by atoms with van der Waals surface area (Å²) in [6.07, 6.45) is 4.42. The van der Waals surface area contributed by atoms with E-state index in [-0.39, 0.29) is 0 Å². The van der Waals surface area contributed by atoms with Crippen LogP contribution in [0.4, 0.5) is 0 Å². The van der Waals surface area contributed by atoms with Gasteiger partial charge in [0.05, 0.1) is 6.54 Å². The van der Waals surface area contributed by atoms with Crippen LogP contribution in [0.5, 0.6) is 0 Å². The quantitative estimate of drug-likeness (QED) is 0.855. The van der Waals surface area contributed by atoms with Gasteiger partial charge in [-0.2, -0.15) is 0 Å². The number of hydrogen-bond acceptors (Lipinski definition) is 4. The third-order valence-electron chi connectivity index (χ3n) is 3.30. The van der Waals surface area contributed by atoms with E-state index in [2.05, 4.69) is 40.2 Å². The topological polar surface area (TPSA) is 41.1 Å². The molecule has 0 amide bonds. The van der Waals surface area contributed by atoms with Crippen molar-refractivity contribution in [3.8, 4) is 0 Å². The van der Waals surface area contributed by atoms with Gasteiger partial charge < -0.3 is 10.2 Å². The Balaban J connectivity index is 2.04. The highest BCUT2D eigenvalue weighted by Crippen LogP contribution is 2.24. The summed E-state index contributed by atoms with van der Waals surface area (Å²) in [4.78, 5) is 11.4. The molecule has 0 aromatic carbocycles. The molecule has 17 heavy (non-hydrogen) atoms. The molecule has 1 unspecified atom stereocenters. The molecule has 4 heteroatoms. The fourth-order valence-corrected chi connectivity index (χ4v) is 2.37. The number of likely N-dealkylation sites (N-methyl/N-ethyl adjacent to an activating group) is 1. The minimum Gasteiger partial charge on any atom is -0.310 e. The van der Waals surface area contributed by atoms with Crippen LogP contribution < -0.4 is 5.32 Å². The zero-order valence-electron chi connectivity index (χ0n) is 10.8. The van der Waals surface area contributed by atoms with Crippen LogP contribution in [0.2, 0.25) is 0 Å². The average molecular weight is 234 g/mol. The van der Waals surface area contributed by atoms with E-state index >= 15 is 0 Å². The summed E-state index contributed by atoms with van der Waals surface area (Å²) in [7, 11) is 2.19. The van der Waals surface area contributed by atoms with Crippen LogP contribution in [-0.4, -0.2) is 41.5 Å². The second-order valence-corrected chi connectivity index (χ2v) is 4.78. The third-order valence-corrected chi connectivity index (χ3v) is 3.30. The first-order chi connectivity index (χ1) is 8.29. The lowest BCUT2D eigenvalue weighted by atomic mass is 9.95. The van der Waals surface area contributed by atoms with Crippen LogP contribution in [0.15, 0.2) is 12.3 Å². The van der Waals surface area contributed by atoms with E-state index < -0.39 is 0 Å². The van der Waals surface area contributed by atoms with Crippen molar-refractivity contribution < 1.29 is 0 Å². The second kappa shape index (κ2) is 6.07. The Morgan fingerprint density at radius 3 is 3.18 bits per heavy atom. The molecule has 94 valence electrons. The fourth-order valence-electron chi connectivity index (χ4n) is 2.37. The molecular formula is C13H22N4. The Hall–Kier alpha value is -1.00. The van der Waals surface area contributed by atoms with Crippen molar-refractivity contribution in [1.82, 2.24) is 20.2 Å². The molecule has 1 saturated heterocycles. The first-order valence-electron chi connectivity index (χ1n) is 6.50. The Bertz CT molecular complexity index is 353. The highest BCUT2D eigenvalue weighted by molar-refractivity contribution is 5.10. The molecule has 1 aliphatic heterocycles. The molecule has 4 nitrogen and oxygen atoms in total. The van der Waals surface area contributed by atoms with Gasteiger partial charge in [0.1, 0.15) is 5.82 Å². The van der Waals surface area contributed by atoms with Gasteiger partial charge in [-0.05, 0) is 39.0 Å². The summed E-state index contributed by atoms with van der Waals surface area (Å²) in [6.45, 7) is 6.16. The van der Waals surface area contributed by atoms with Crippen LogP contribution in [0.1, 0.15) is 37.2 Å². The SMILES string of the molecule is CCNCc1nccc(C2CCCN(C)C2)n1. The summed E-state index contributed by atoms with van der Waals surface area (Å²) < 4.78 is 0. The maximum atomic E-state index is 4.67. The van der Waals surface area contributed by atoms with Gasteiger partial charge in [-0.15, -0.1) is 0 Å². The Morgan fingerprint density at radius 1 is 1.53 bits per heavy atom. The average Bonchev–Trinajstić information content (AvgIpc) is 2.37. The monoisotopic (exact) mass is 234 g/mol. The number of piperidine rings is 1. The first kappa shape index (κ1) is 12.5. The number of aromatic nitrogens is 2. The van der Waals surface area contributed by atoms with Crippen molar-refractivity contribution in [1.29, 1.82) is 0 Å². The molecule has 0 radical (unpaired) electrons. The highest BCUT2D eigenvalue weighted by atomic mass is 15.1. The minimum atomic E-state index is 0.581. The van der Waals surface area contributed by atoms with E-state index in [0.29, 0.717) is 5.92 Å². The van der Waals surface area contributed by atoms with Crippen LogP contribution in [0.3, 0.4) is 0 Å². The normalized spacial score (nSPS) is 21.6. The predicted molar refractivity (Wildman–Crippen MR) is 68.9 cm³/mol. The molecular weight excluding hydrogens is 212 g/mol. The van der Waals surface area contributed by atoms with Crippen LogP contribution in [0.25, 0.3) is 0 Å². The van der Waals surface area contributed by atoms with E-state index in [9.17, 15) is 0 Å². The molecule has 1 aromatic heterocycles. The maximum absolute atomic E-state index is 4.67. The number of nitrogens with one attached hydrogen (secondary N) is 1. The summed E-state index contributed by atoms with van der Waals surface area (Å²) in [6, 6.07) is 2.07. The van der Waals surface area contributed by atoms with Gasteiger partial charge >= 0.3 is 0 Å². The summed E-state index contributed by atoms with van der Waals surface area (Å²) >= 11 is 0. The number of likely N-dealkylation sites (tertiary alicyclic amines) is 1. The van der Waals surface area contributed by atoms with Crippen LogP contribution in [-0.2, 0) is 6.54 Å². The lowest BCUT2D eigenvalue weighted by Crippen LogP contribution is -2.31. The van der Waals surface area contributed by atoms with Gasteiger partial charge in [-0.25, -0.2) is 9.97 Å². The van der Waals surface area contributed by atoms with Gasteiger partial charge in [0, 0.05) is 24.4 Å². The summed E-state index contributed by atoms with van der Waals surface area (Å²) in [5.74, 6) is 1.50. The Labute approximate surface area is 103 Å². The minimum absolute atomic E-state index is 0.581. The molecule has 1 atom stereocenters. The van der Waals surface area contributed by atoms with E-state index in [1.807, 2.05) is 6.20 Å². The van der Waals surface area contributed by atoms with Gasteiger partial charge in [0.25, 0.3) is 0 Å². The van der Waals surface area contributed by atoms with Gasteiger partial charge in [0.15, 0.2) is 0 Å².